The lowest BCUT2D eigenvalue weighted by Gasteiger charge is -2.05. The summed E-state index contributed by atoms with van der Waals surface area (Å²) in [5, 5.41) is 6.60. The van der Waals surface area contributed by atoms with Crippen molar-refractivity contribution >= 4 is 11.9 Å². The molecule has 3 aromatic rings. The molecule has 23 heavy (non-hydrogen) atoms. The summed E-state index contributed by atoms with van der Waals surface area (Å²) in [4.78, 5) is 11.8. The molecule has 0 aliphatic carbocycles. The Morgan fingerprint density at radius 2 is 1.87 bits per heavy atom. The highest BCUT2D eigenvalue weighted by atomic mass is 19.1. The summed E-state index contributed by atoms with van der Waals surface area (Å²) in [6, 6.07) is 14.9. The predicted molar refractivity (Wildman–Crippen MR) is 84.3 cm³/mol. The van der Waals surface area contributed by atoms with Crippen molar-refractivity contribution in [2.75, 3.05) is 5.32 Å². The number of nitrogens with one attached hydrogen (secondary N) is 1. The van der Waals surface area contributed by atoms with Gasteiger partial charge in [0.15, 0.2) is 5.82 Å². The molecule has 1 amide bonds. The number of carbonyl (C=O) groups is 1. The van der Waals surface area contributed by atoms with E-state index in [2.05, 4.69) is 10.4 Å². The van der Waals surface area contributed by atoms with Crippen LogP contribution in [0.15, 0.2) is 60.8 Å². The highest BCUT2D eigenvalue weighted by Gasteiger charge is 2.09. The third-order valence-corrected chi connectivity index (χ3v) is 3.15. The minimum absolute atomic E-state index is 0.269. The minimum atomic E-state index is -0.660. The molecule has 1 heterocycles. The van der Waals surface area contributed by atoms with Crippen molar-refractivity contribution in [3.8, 4) is 11.4 Å². The molecule has 5 nitrogen and oxygen atoms in total. The van der Waals surface area contributed by atoms with Crippen LogP contribution in [0.4, 0.5) is 15.0 Å². The Bertz CT molecular complexity index is 828. The number of halogens is 1. The van der Waals surface area contributed by atoms with Crippen molar-refractivity contribution in [1.82, 2.24) is 9.78 Å². The Labute approximate surface area is 132 Å². The molecule has 6 heteroatoms. The molecule has 1 N–H and O–H groups in total. The van der Waals surface area contributed by atoms with Crippen LogP contribution >= 0.6 is 0 Å². The van der Waals surface area contributed by atoms with Crippen LogP contribution in [0.25, 0.3) is 5.69 Å². The molecule has 2 aromatic carbocycles. The Balaban J connectivity index is 1.68. The second-order valence-electron chi connectivity index (χ2n) is 4.92. The van der Waals surface area contributed by atoms with Crippen LogP contribution in [0.3, 0.4) is 0 Å². The van der Waals surface area contributed by atoms with E-state index < -0.39 is 11.9 Å². The number of hydrogen-bond donors (Lipinski definition) is 1. The van der Waals surface area contributed by atoms with Crippen LogP contribution in [-0.2, 0) is 0 Å². The minimum Gasteiger partial charge on any atom is -0.410 e. The average molecular weight is 311 g/mol. The molecular formula is C17H14FN3O2. The average Bonchev–Trinajstić information content (AvgIpc) is 2.98. The van der Waals surface area contributed by atoms with Gasteiger partial charge < -0.3 is 4.74 Å². The van der Waals surface area contributed by atoms with Crippen LogP contribution < -0.4 is 10.1 Å². The fourth-order valence-electron chi connectivity index (χ4n) is 2.01. The Morgan fingerprint density at radius 3 is 2.61 bits per heavy atom. The third kappa shape index (κ3) is 3.55. The molecule has 0 unspecified atom stereocenters. The summed E-state index contributed by atoms with van der Waals surface area (Å²) >= 11 is 0. The van der Waals surface area contributed by atoms with Gasteiger partial charge in [-0.1, -0.05) is 29.8 Å². The van der Waals surface area contributed by atoms with Crippen molar-refractivity contribution in [3.05, 3.63) is 72.2 Å². The Hall–Kier alpha value is -3.15. The number of anilines is 1. The van der Waals surface area contributed by atoms with E-state index in [4.69, 9.17) is 4.74 Å². The van der Waals surface area contributed by atoms with Gasteiger partial charge >= 0.3 is 6.09 Å². The van der Waals surface area contributed by atoms with Crippen LogP contribution in [-0.4, -0.2) is 15.9 Å². The first-order valence-corrected chi connectivity index (χ1v) is 6.98. The first kappa shape index (κ1) is 14.8. The van der Waals surface area contributed by atoms with E-state index in [0.717, 1.165) is 5.56 Å². The monoisotopic (exact) mass is 311 g/mol. The van der Waals surface area contributed by atoms with E-state index in [-0.39, 0.29) is 5.82 Å². The first-order chi connectivity index (χ1) is 11.1. The SMILES string of the molecule is Cc1ccc(OC(=O)Nc2ccn(-c3ccccc3F)n2)cc1. The summed E-state index contributed by atoms with van der Waals surface area (Å²) in [6.45, 7) is 1.94. The number of benzene rings is 2. The molecule has 0 aliphatic heterocycles. The quantitative estimate of drug-likeness (QED) is 0.797. The lowest BCUT2D eigenvalue weighted by molar-refractivity contribution is 0.215. The van der Waals surface area contributed by atoms with E-state index >= 15 is 0 Å². The summed E-state index contributed by atoms with van der Waals surface area (Å²) < 4.78 is 20.2. The molecule has 0 atom stereocenters. The number of ether oxygens (including phenoxy) is 1. The summed E-state index contributed by atoms with van der Waals surface area (Å²) in [5.41, 5.74) is 1.37. The van der Waals surface area contributed by atoms with Crippen LogP contribution in [0.5, 0.6) is 5.75 Å². The molecule has 0 aliphatic rings. The maximum atomic E-state index is 13.7. The van der Waals surface area contributed by atoms with Gasteiger partial charge in [-0.2, -0.15) is 0 Å². The standard InChI is InChI=1S/C17H14FN3O2/c1-12-6-8-13(9-7-12)23-17(22)19-16-10-11-21(20-16)15-5-3-2-4-14(15)18/h2-11H,1H3,(H,19,20,22). The number of nitrogens with zero attached hydrogens (tertiary/aromatic N) is 2. The van der Waals surface area contributed by atoms with Crippen LogP contribution in [0.1, 0.15) is 5.56 Å². The van der Waals surface area contributed by atoms with Gasteiger partial charge in [-0.05, 0) is 31.2 Å². The lowest BCUT2D eigenvalue weighted by atomic mass is 10.2. The number of aryl methyl sites for hydroxylation is 1. The normalized spacial score (nSPS) is 10.3. The number of hydrogen-bond acceptors (Lipinski definition) is 3. The number of rotatable bonds is 3. The van der Waals surface area contributed by atoms with E-state index in [1.165, 1.54) is 10.7 Å². The zero-order valence-electron chi connectivity index (χ0n) is 12.4. The van der Waals surface area contributed by atoms with Gasteiger partial charge in [0.2, 0.25) is 0 Å². The van der Waals surface area contributed by atoms with E-state index in [0.29, 0.717) is 11.4 Å². The Kier molecular flexibility index (Phi) is 4.05. The van der Waals surface area contributed by atoms with Gasteiger partial charge in [0.05, 0.1) is 0 Å². The molecule has 0 bridgehead atoms. The van der Waals surface area contributed by atoms with Crippen molar-refractivity contribution in [3.63, 3.8) is 0 Å². The van der Waals surface area contributed by atoms with Crippen molar-refractivity contribution in [2.45, 2.75) is 6.92 Å². The van der Waals surface area contributed by atoms with Gasteiger partial charge in [0.1, 0.15) is 17.3 Å². The second kappa shape index (κ2) is 6.31. The van der Waals surface area contributed by atoms with Gasteiger partial charge in [-0.15, -0.1) is 5.10 Å². The van der Waals surface area contributed by atoms with E-state index in [9.17, 15) is 9.18 Å². The zero-order chi connectivity index (χ0) is 16.2. The van der Waals surface area contributed by atoms with Crippen LogP contribution in [0, 0.1) is 12.7 Å². The largest absolute Gasteiger partial charge is 0.418 e. The highest BCUT2D eigenvalue weighted by Crippen LogP contribution is 2.15. The number of para-hydroxylation sites is 1. The topological polar surface area (TPSA) is 56.1 Å². The van der Waals surface area contributed by atoms with Gasteiger partial charge in [0.25, 0.3) is 0 Å². The van der Waals surface area contributed by atoms with Crippen molar-refractivity contribution in [2.24, 2.45) is 0 Å². The zero-order valence-corrected chi connectivity index (χ0v) is 12.4. The maximum Gasteiger partial charge on any atom is 0.418 e. The van der Waals surface area contributed by atoms with E-state index in [1.807, 2.05) is 19.1 Å². The smallest absolute Gasteiger partial charge is 0.410 e. The molecule has 0 radical (unpaired) electrons. The lowest BCUT2D eigenvalue weighted by Crippen LogP contribution is -2.17. The number of aromatic nitrogens is 2. The fourth-order valence-corrected chi connectivity index (χ4v) is 2.01. The molecule has 0 spiro atoms. The highest BCUT2D eigenvalue weighted by molar-refractivity contribution is 5.85. The van der Waals surface area contributed by atoms with Crippen molar-refractivity contribution < 1.29 is 13.9 Å². The molecule has 116 valence electrons. The molecule has 0 fully saturated rings. The summed E-state index contributed by atoms with van der Waals surface area (Å²) in [7, 11) is 0. The van der Waals surface area contributed by atoms with E-state index in [1.54, 1.807) is 42.6 Å². The molecule has 3 rings (SSSR count). The van der Waals surface area contributed by atoms with Gasteiger partial charge in [0, 0.05) is 12.3 Å². The molecule has 0 saturated heterocycles. The number of amides is 1. The maximum absolute atomic E-state index is 13.7. The summed E-state index contributed by atoms with van der Waals surface area (Å²) in [6.07, 6.45) is 0.896. The number of carbonyl (C=O) groups excluding carboxylic acids is 1. The van der Waals surface area contributed by atoms with Gasteiger partial charge in [-0.3, -0.25) is 5.32 Å². The summed E-state index contributed by atoms with van der Waals surface area (Å²) in [5.74, 6) is 0.302. The predicted octanol–water partition coefficient (Wildman–Crippen LogP) is 3.93. The van der Waals surface area contributed by atoms with Crippen molar-refractivity contribution in [1.29, 1.82) is 0 Å². The van der Waals surface area contributed by atoms with Crippen LogP contribution in [0.2, 0.25) is 0 Å². The second-order valence-corrected chi connectivity index (χ2v) is 4.92. The third-order valence-electron chi connectivity index (χ3n) is 3.15. The molecule has 0 saturated carbocycles. The molecule has 1 aromatic heterocycles. The van der Waals surface area contributed by atoms with Gasteiger partial charge in [-0.25, -0.2) is 13.9 Å². The fraction of sp³-hybridized carbons (Fsp3) is 0.0588. The molecular weight excluding hydrogens is 297 g/mol. The first-order valence-electron chi connectivity index (χ1n) is 6.98. The Morgan fingerprint density at radius 1 is 1.13 bits per heavy atom.